The minimum atomic E-state index is 0. The molecule has 6 aromatic rings. The van der Waals surface area contributed by atoms with Crippen LogP contribution < -0.4 is 0 Å². The van der Waals surface area contributed by atoms with Crippen molar-refractivity contribution in [1.82, 2.24) is 4.98 Å². The van der Waals surface area contributed by atoms with Crippen molar-refractivity contribution in [3.05, 3.63) is 91.0 Å². The molecule has 1 aliphatic carbocycles. The second-order valence-corrected chi connectivity index (χ2v) is 8.61. The molecule has 0 saturated carbocycles. The molecular formula is C27H14IrNS-. The molecule has 0 N–H and O–H groups in total. The Hall–Kier alpha value is -2.84. The molecule has 0 amide bonds. The van der Waals surface area contributed by atoms with Gasteiger partial charge in [0, 0.05) is 30.2 Å². The summed E-state index contributed by atoms with van der Waals surface area (Å²) in [6.07, 6.45) is 0. The van der Waals surface area contributed by atoms with E-state index < -0.39 is 0 Å². The number of benzene rings is 4. The molecule has 143 valence electrons. The summed E-state index contributed by atoms with van der Waals surface area (Å²) in [6.45, 7) is 0. The van der Waals surface area contributed by atoms with Gasteiger partial charge in [0.05, 0.1) is 5.52 Å². The van der Waals surface area contributed by atoms with Gasteiger partial charge in [-0.3, -0.25) is 4.98 Å². The van der Waals surface area contributed by atoms with Crippen molar-refractivity contribution >= 4 is 42.4 Å². The van der Waals surface area contributed by atoms with Gasteiger partial charge in [0.1, 0.15) is 0 Å². The molecule has 30 heavy (non-hydrogen) atoms. The number of hydrogen-bond donors (Lipinski definition) is 0. The van der Waals surface area contributed by atoms with Crippen molar-refractivity contribution in [3.8, 4) is 33.5 Å². The van der Waals surface area contributed by atoms with Crippen LogP contribution in [0.4, 0.5) is 0 Å². The number of hydrogen-bond acceptors (Lipinski definition) is 2. The van der Waals surface area contributed by atoms with Gasteiger partial charge in [-0.1, -0.05) is 66.0 Å². The molecule has 2 heterocycles. The summed E-state index contributed by atoms with van der Waals surface area (Å²) in [5.41, 5.74) is 8.26. The van der Waals surface area contributed by atoms with Crippen LogP contribution in [-0.2, 0) is 20.1 Å². The molecular weight excluding hydrogens is 563 g/mol. The Labute approximate surface area is 191 Å². The maximum absolute atomic E-state index is 5.02. The van der Waals surface area contributed by atoms with Gasteiger partial charge in [-0.25, -0.2) is 0 Å². The van der Waals surface area contributed by atoms with Crippen molar-refractivity contribution in [2.45, 2.75) is 0 Å². The van der Waals surface area contributed by atoms with E-state index in [0.717, 1.165) is 16.8 Å². The summed E-state index contributed by atoms with van der Waals surface area (Å²) in [6, 6.07) is 33.8. The van der Waals surface area contributed by atoms with Crippen LogP contribution in [0.5, 0.6) is 0 Å². The number of thiophene rings is 1. The maximum atomic E-state index is 5.02. The summed E-state index contributed by atoms with van der Waals surface area (Å²) >= 11 is 1.84. The van der Waals surface area contributed by atoms with E-state index in [1.54, 1.807) is 0 Å². The molecule has 1 radical (unpaired) electrons. The van der Waals surface area contributed by atoms with Crippen LogP contribution >= 0.6 is 11.3 Å². The first kappa shape index (κ1) is 18.0. The second kappa shape index (κ2) is 6.58. The van der Waals surface area contributed by atoms with Crippen molar-refractivity contribution < 1.29 is 20.1 Å². The Morgan fingerprint density at radius 1 is 0.667 bits per heavy atom. The Morgan fingerprint density at radius 2 is 1.43 bits per heavy atom. The fourth-order valence-electron chi connectivity index (χ4n) is 4.63. The van der Waals surface area contributed by atoms with E-state index in [9.17, 15) is 0 Å². The zero-order chi connectivity index (χ0) is 18.9. The van der Waals surface area contributed by atoms with Crippen LogP contribution in [0.25, 0.3) is 64.6 Å². The van der Waals surface area contributed by atoms with E-state index in [1.807, 2.05) is 11.3 Å². The Balaban J connectivity index is 0.00000175. The summed E-state index contributed by atoms with van der Waals surface area (Å²) in [5.74, 6) is 0. The van der Waals surface area contributed by atoms with Gasteiger partial charge in [0.15, 0.2) is 0 Å². The molecule has 2 aromatic heterocycles. The Morgan fingerprint density at radius 3 is 2.33 bits per heavy atom. The van der Waals surface area contributed by atoms with E-state index in [-0.39, 0.29) is 20.1 Å². The largest absolute Gasteiger partial charge is 0.296 e. The van der Waals surface area contributed by atoms with Crippen molar-refractivity contribution in [1.29, 1.82) is 0 Å². The molecule has 0 fully saturated rings. The van der Waals surface area contributed by atoms with Gasteiger partial charge < -0.3 is 0 Å². The molecule has 1 aliphatic rings. The first-order valence-electron chi connectivity index (χ1n) is 9.74. The van der Waals surface area contributed by atoms with E-state index >= 15 is 0 Å². The molecule has 4 aromatic carbocycles. The number of nitrogens with zero attached hydrogens (tertiary/aromatic N) is 1. The summed E-state index contributed by atoms with van der Waals surface area (Å²) < 4.78 is 2.60. The van der Waals surface area contributed by atoms with Crippen LogP contribution in [0.3, 0.4) is 0 Å². The van der Waals surface area contributed by atoms with Crippen LogP contribution in [0.2, 0.25) is 0 Å². The SMILES string of the molecule is [Ir].[c-]1cc2c(cc1-c1cc3c4c(cccc4n1)-c1ccccc1-3)sc1ccccc12. The van der Waals surface area contributed by atoms with Crippen LogP contribution in [0, 0.1) is 6.07 Å². The third-order valence-corrected chi connectivity index (χ3v) is 7.06. The van der Waals surface area contributed by atoms with Gasteiger partial charge in [-0.15, -0.1) is 23.8 Å². The minimum Gasteiger partial charge on any atom is -0.296 e. The zero-order valence-electron chi connectivity index (χ0n) is 15.8. The number of fused-ring (bicyclic) bond motifs is 6. The third-order valence-electron chi connectivity index (χ3n) is 5.93. The van der Waals surface area contributed by atoms with Gasteiger partial charge in [-0.2, -0.15) is 11.3 Å². The fraction of sp³-hybridized carbons (Fsp3) is 0. The molecule has 0 bridgehead atoms. The third kappa shape index (κ3) is 2.40. The molecule has 3 heteroatoms. The first-order chi connectivity index (χ1) is 14.4. The first-order valence-corrected chi connectivity index (χ1v) is 10.6. The molecule has 0 unspecified atom stereocenters. The number of rotatable bonds is 1. The monoisotopic (exact) mass is 577 g/mol. The number of aromatic nitrogens is 1. The molecule has 0 spiro atoms. The normalized spacial score (nSPS) is 11.7. The topological polar surface area (TPSA) is 12.9 Å². The average molecular weight is 577 g/mol. The Kier molecular flexibility index (Phi) is 3.94. The van der Waals surface area contributed by atoms with Gasteiger partial charge in [-0.05, 0) is 50.2 Å². The summed E-state index contributed by atoms with van der Waals surface area (Å²) in [7, 11) is 0. The summed E-state index contributed by atoms with van der Waals surface area (Å²) in [4.78, 5) is 5.02. The smallest absolute Gasteiger partial charge is 0.0607 e. The van der Waals surface area contributed by atoms with Crippen molar-refractivity contribution in [2.24, 2.45) is 0 Å². The number of pyridine rings is 1. The quantitative estimate of drug-likeness (QED) is 0.183. The predicted octanol–water partition coefficient (Wildman–Crippen LogP) is 7.71. The van der Waals surface area contributed by atoms with Gasteiger partial charge in [0.25, 0.3) is 0 Å². The standard InChI is InChI=1S/C27H14NS.Ir/c1-2-7-18-17(6-1)21-9-5-10-23-27(21)22(18)15-24(28-23)16-12-13-20-19-8-3-4-11-25(19)29-26(20)14-16;/h1-11,13-15H;/q-1;. The molecule has 0 atom stereocenters. The molecule has 0 aliphatic heterocycles. The fourth-order valence-corrected chi connectivity index (χ4v) is 5.75. The van der Waals surface area contributed by atoms with Gasteiger partial charge >= 0.3 is 0 Å². The van der Waals surface area contributed by atoms with Crippen LogP contribution in [-0.4, -0.2) is 4.98 Å². The van der Waals surface area contributed by atoms with E-state index in [2.05, 4.69) is 91.0 Å². The van der Waals surface area contributed by atoms with Crippen molar-refractivity contribution in [2.75, 3.05) is 0 Å². The van der Waals surface area contributed by atoms with E-state index in [4.69, 9.17) is 4.98 Å². The van der Waals surface area contributed by atoms with E-state index in [0.29, 0.717) is 0 Å². The van der Waals surface area contributed by atoms with Crippen LogP contribution in [0.1, 0.15) is 0 Å². The zero-order valence-corrected chi connectivity index (χ0v) is 19.0. The minimum absolute atomic E-state index is 0. The Bertz CT molecular complexity index is 1610. The maximum Gasteiger partial charge on any atom is 0.0607 e. The predicted molar refractivity (Wildman–Crippen MR) is 123 cm³/mol. The molecule has 1 nitrogen and oxygen atoms in total. The van der Waals surface area contributed by atoms with Crippen molar-refractivity contribution in [3.63, 3.8) is 0 Å². The molecule has 0 saturated heterocycles. The van der Waals surface area contributed by atoms with Gasteiger partial charge in [0.2, 0.25) is 0 Å². The van der Waals surface area contributed by atoms with E-state index in [1.165, 1.54) is 47.8 Å². The van der Waals surface area contributed by atoms with Crippen LogP contribution in [0.15, 0.2) is 84.9 Å². The molecule has 7 rings (SSSR count). The summed E-state index contributed by atoms with van der Waals surface area (Å²) in [5, 5.41) is 3.84. The average Bonchev–Trinajstić information content (AvgIpc) is 3.31. The second-order valence-electron chi connectivity index (χ2n) is 7.52.